The van der Waals surface area contributed by atoms with Crippen molar-refractivity contribution in [1.29, 1.82) is 0 Å². The Morgan fingerprint density at radius 2 is 0.693 bits per heavy atom. The summed E-state index contributed by atoms with van der Waals surface area (Å²) >= 11 is 0. The van der Waals surface area contributed by atoms with Gasteiger partial charge < -0.3 is 102 Å². The van der Waals surface area contributed by atoms with Gasteiger partial charge in [-0.25, -0.2) is 112 Å². The number of aliphatic hydroxyl groups is 8. The molecular formula is C84H110N28O24S4. The Kier molecular flexibility index (Phi) is 34.1. The van der Waals surface area contributed by atoms with Gasteiger partial charge in [-0.05, 0) is 89.3 Å². The summed E-state index contributed by atoms with van der Waals surface area (Å²) in [7, 11) is -8.35. The third kappa shape index (κ3) is 23.4. The number of hydrogen-bond donors (Lipinski definition) is 20. The molecule has 1 aliphatic carbocycles. The zero-order chi connectivity index (χ0) is 101. The van der Waals surface area contributed by atoms with Gasteiger partial charge in [-0.3, -0.25) is 37.4 Å². The van der Waals surface area contributed by atoms with Gasteiger partial charge in [0.1, 0.15) is 72.1 Å². The molecule has 12 heterocycles. The number of ether oxygens (including phenoxy) is 4. The highest BCUT2D eigenvalue weighted by atomic mass is 32.2. The summed E-state index contributed by atoms with van der Waals surface area (Å²) in [5.41, 5.74) is 4.79. The minimum absolute atomic E-state index is 0.0833. The fourth-order valence-corrected chi connectivity index (χ4v) is 19.0. The lowest BCUT2D eigenvalue weighted by Crippen LogP contribution is -2.42. The van der Waals surface area contributed by atoms with Crippen LogP contribution in [0.3, 0.4) is 0 Å². The lowest BCUT2D eigenvalue weighted by atomic mass is 10.1. The summed E-state index contributed by atoms with van der Waals surface area (Å²) in [4.78, 5) is 101. The fourth-order valence-electron chi connectivity index (χ4n) is 15.2. The molecule has 8 aromatic heterocycles. The quantitative estimate of drug-likeness (QED) is 0.0202. The second-order valence-corrected chi connectivity index (χ2v) is 39.8. The van der Waals surface area contributed by atoms with Crippen molar-refractivity contribution in [1.82, 2.24) is 118 Å². The predicted octanol–water partition coefficient (Wildman–Crippen LogP) is -2.26. The van der Waals surface area contributed by atoms with Crippen molar-refractivity contribution in [2.45, 2.75) is 195 Å². The monoisotopic (exact) mass is 2020 g/mol. The smallest absolute Gasteiger partial charge is 0.252 e. The Labute approximate surface area is 801 Å². The number of carbonyl (C=O) groups is 4. The van der Waals surface area contributed by atoms with Crippen molar-refractivity contribution in [2.75, 3.05) is 75.6 Å². The van der Waals surface area contributed by atoms with E-state index in [1.54, 1.807) is 130 Å². The van der Waals surface area contributed by atoms with E-state index in [0.717, 1.165) is 17.5 Å². The minimum atomic E-state index is -3.90. The summed E-state index contributed by atoms with van der Waals surface area (Å²) in [6.07, 6.45) is -9.41. The van der Waals surface area contributed by atoms with Crippen LogP contribution in [0.5, 0.6) is 0 Å². The number of sulfonamides is 4. The van der Waals surface area contributed by atoms with E-state index in [9.17, 15) is 93.7 Å². The van der Waals surface area contributed by atoms with Crippen LogP contribution in [0.2, 0.25) is 0 Å². The van der Waals surface area contributed by atoms with Crippen LogP contribution in [0.1, 0.15) is 108 Å². The molecule has 4 fully saturated rings. The molecule has 16 rings (SSSR count). The molecule has 16 atom stereocenters. The van der Waals surface area contributed by atoms with E-state index >= 15 is 0 Å². The number of nitrogens with zero attached hydrogens (tertiary/aromatic N) is 16. The molecule has 140 heavy (non-hydrogen) atoms. The van der Waals surface area contributed by atoms with Gasteiger partial charge in [-0.2, -0.15) is 0 Å². The Morgan fingerprint density at radius 3 is 1.00 bits per heavy atom. The van der Waals surface area contributed by atoms with Crippen molar-refractivity contribution < 1.29 is 113 Å². The van der Waals surface area contributed by atoms with E-state index < -0.39 is 167 Å². The first-order chi connectivity index (χ1) is 66.8. The molecule has 0 unspecified atom stereocenters. The Morgan fingerprint density at radius 1 is 0.386 bits per heavy atom. The minimum Gasteiger partial charge on any atom is -0.387 e. The van der Waals surface area contributed by atoms with Gasteiger partial charge in [0.05, 0.1) is 72.3 Å². The number of aliphatic hydroxyl groups excluding tert-OH is 8. The molecule has 0 bridgehead atoms. The van der Waals surface area contributed by atoms with Gasteiger partial charge in [-0.15, -0.1) is 0 Å². The van der Waals surface area contributed by atoms with E-state index in [1.165, 1.54) is 55.7 Å². The molecule has 0 spiro atoms. The third-order valence-corrected chi connectivity index (χ3v) is 28.3. The zero-order valence-electron chi connectivity index (χ0n) is 77.1. The second-order valence-electron chi connectivity index (χ2n) is 32.1. The van der Waals surface area contributed by atoms with Crippen LogP contribution >= 0.6 is 0 Å². The van der Waals surface area contributed by atoms with Crippen LogP contribution in [0, 0.1) is 0 Å². The van der Waals surface area contributed by atoms with E-state index in [4.69, 9.17) is 18.9 Å². The number of carbonyl (C=O) groups excluding carboxylic acids is 4. The van der Waals surface area contributed by atoms with Gasteiger partial charge >= 0.3 is 0 Å². The number of rotatable bonds is 34. The van der Waals surface area contributed by atoms with Crippen molar-refractivity contribution in [3.8, 4) is 11.1 Å². The molecule has 754 valence electrons. The molecule has 11 aromatic rings. The number of allylic oxidation sites excluding steroid dienone is 3. The van der Waals surface area contributed by atoms with Crippen LogP contribution in [-0.2, 0) is 110 Å². The van der Waals surface area contributed by atoms with Gasteiger partial charge in [0.25, 0.3) is 23.6 Å². The maximum absolute atomic E-state index is 13.0. The molecule has 4 aliphatic heterocycles. The largest absolute Gasteiger partial charge is 0.387 e. The van der Waals surface area contributed by atoms with Crippen LogP contribution in [0.25, 0.3) is 55.8 Å². The second kappa shape index (κ2) is 45.4. The number of anilines is 4. The first kappa shape index (κ1) is 105. The number of aromatic nitrogens is 16. The number of amides is 4. The van der Waals surface area contributed by atoms with E-state index in [-0.39, 0.29) is 87.6 Å². The number of benzene rings is 3. The number of hydrogen-bond acceptors (Lipinski definition) is 40. The molecule has 4 saturated heterocycles. The van der Waals surface area contributed by atoms with Crippen LogP contribution in [0.4, 0.5) is 23.3 Å². The number of imidazole rings is 4. The maximum Gasteiger partial charge on any atom is 0.252 e. The molecular weight excluding hydrogens is 1910 g/mol. The summed E-state index contributed by atoms with van der Waals surface area (Å²) in [6.45, 7) is 10.6. The average Bonchev–Trinajstić information content (AvgIpc) is 1.63. The lowest BCUT2D eigenvalue weighted by Gasteiger charge is -2.17. The highest BCUT2D eigenvalue weighted by molar-refractivity contribution is 7.93. The molecule has 20 N–H and O–H groups in total. The van der Waals surface area contributed by atoms with E-state index in [2.05, 4.69) is 121 Å². The molecule has 3 aromatic carbocycles. The molecule has 56 heteroatoms. The zero-order valence-corrected chi connectivity index (χ0v) is 80.4. The SMILES string of the molecule is CCNC(=O)[C@H]1O[C@@H](n2cnc3c(NC)nc(CNS(=O)(=O)C(C)C)nc32)[C@H](O)[C@@H]1O.CCNC(=O)[C@H]1O[C@@H](n2cnc3c(NC)nc(CNS(=O)(=O)C4=CCCC=C4)nc32)[C@H](O)[C@@H]1O.CCNC(=O)[C@H]1O[C@@H](n2cnc3c(NC)nc(CNS(=O)(=O)Cc4ccccc4)nc32)[C@H](O)[C@@H]1O.CCNC(=O)[C@H]1O[C@@H](n2cnc3c(NC)nc(CNS(=O)(=O)c4ccc(-c5ccccc5)cc4)nc32)[C@H](O)[C@@H]1O. The Balaban J connectivity index is 0.000000158. The third-order valence-electron chi connectivity index (χ3n) is 22.4. The van der Waals surface area contributed by atoms with E-state index in [1.807, 2.05) is 30.3 Å². The average molecular weight is 2020 g/mol. The summed E-state index contributed by atoms with van der Waals surface area (Å²) in [5.74, 6) is -0.492. The number of nitrogens with one attached hydrogen (secondary N) is 12. The highest BCUT2D eigenvalue weighted by Gasteiger charge is 2.52. The lowest BCUT2D eigenvalue weighted by molar-refractivity contribution is -0.138. The number of fused-ring (bicyclic) bond motifs is 4. The molecule has 5 aliphatic rings. The summed E-state index contributed by atoms with van der Waals surface area (Å²) in [6, 6.07) is 24.9. The Bertz CT molecular complexity index is 6810. The standard InChI is InChI=1S/C26H29N7O6S.C21H27N7O6S.C20H27N7O6S.C17H27N7O6S/c1-3-28-25(36)22-20(34)21(35)26(39-22)33-14-29-19-23(27-2)31-18(32-24(19)33)13-30-40(37,38)17-11-9-16(10-12-17)15-7-5-4-6-8-15;1-3-23-20(31)17-15(29)16(30)21(34-17)28-11-24-14-18(22-2)26-13(27-19(14)28)9-25-35(32,33)10-12-7-5-4-6-8-12;1-3-22-19(30)16-14(28)15(29)20(33-16)27-10-23-13-17(21-2)25-12(26-18(13)27)9-24-34(31,32)11-7-5-4-6-8-11;1-5-19-16(27)13-11(25)12(26)17(30-13)24-7-20-10-14(18-4)22-9(23-15(10)24)6-21-31(28,29)8(2)3/h4-12,14,20-22,26,30,34-35H,3,13H2,1-2H3,(H,28,36)(H,27,31,32);4-8,11,15-17,21,25,29-30H,3,9-10H2,1-2H3,(H,23,31)(H,22,26,27);5,7-8,10,14-16,20,24,28-29H,3-4,6,9H2,1-2H3,(H,22,30)(H,21,25,26);7-8,11-13,17,21,25-26H,5-6H2,1-4H3,(H,19,27)(H,18,22,23)/t20-,21+,22-,26+;15-,16+,17-,21+;14-,15+,16-,20+;11-,12+,13-,17+/m0000/s1. The van der Waals surface area contributed by atoms with E-state index in [0.29, 0.717) is 83.5 Å². The Hall–Kier alpha value is -12.4. The van der Waals surface area contributed by atoms with Gasteiger partial charge in [-0.1, -0.05) is 84.9 Å². The van der Waals surface area contributed by atoms with Crippen molar-refractivity contribution in [3.05, 3.63) is 162 Å². The maximum atomic E-state index is 13.0. The molecule has 0 saturated carbocycles. The van der Waals surface area contributed by atoms with Gasteiger partial charge in [0, 0.05) is 54.4 Å². The normalized spacial score (nSPS) is 23.0. The molecule has 4 amide bonds. The first-order valence-electron chi connectivity index (χ1n) is 44.2. The fraction of sp³-hybridized carbons (Fsp3) is 0.452. The predicted molar refractivity (Wildman–Crippen MR) is 503 cm³/mol. The topological polar surface area (TPSA) is 722 Å². The van der Waals surface area contributed by atoms with Crippen molar-refractivity contribution in [3.63, 3.8) is 0 Å². The van der Waals surface area contributed by atoms with Crippen molar-refractivity contribution >= 4 is 132 Å². The van der Waals surface area contributed by atoms with Gasteiger partial charge in [0.15, 0.2) is 117 Å². The molecule has 52 nitrogen and oxygen atoms in total. The summed E-state index contributed by atoms with van der Waals surface area (Å²) in [5, 5.41) is 105. The molecule has 0 radical (unpaired) electrons. The van der Waals surface area contributed by atoms with Crippen molar-refractivity contribution in [2.24, 2.45) is 0 Å². The van der Waals surface area contributed by atoms with Crippen LogP contribution in [0.15, 0.2) is 138 Å². The highest BCUT2D eigenvalue weighted by Crippen LogP contribution is 2.39. The number of likely N-dealkylation sites (N-methyl/N-ethyl adjacent to an activating group) is 4. The van der Waals surface area contributed by atoms with Crippen LogP contribution in [-0.4, -0.2) is 309 Å². The van der Waals surface area contributed by atoms with Crippen LogP contribution < -0.4 is 61.4 Å². The summed E-state index contributed by atoms with van der Waals surface area (Å²) < 4.78 is 139. The van der Waals surface area contributed by atoms with Gasteiger partial charge in [0.2, 0.25) is 40.1 Å². The first-order valence-corrected chi connectivity index (χ1v) is 50.3.